The van der Waals surface area contributed by atoms with Crippen LogP contribution in [0, 0.1) is 13.1 Å². The van der Waals surface area contributed by atoms with Crippen molar-refractivity contribution in [2.24, 2.45) is 11.5 Å². The van der Waals surface area contributed by atoms with Gasteiger partial charge < -0.3 is 60.0 Å². The molecule has 4 aromatic heterocycles. The average Bonchev–Trinajstić information content (AvgIpc) is 1.69. The van der Waals surface area contributed by atoms with Gasteiger partial charge >= 0.3 is 14.2 Å². The van der Waals surface area contributed by atoms with E-state index in [0.29, 0.717) is 67.1 Å². The second kappa shape index (κ2) is 31.5. The minimum absolute atomic E-state index is 0. The maximum Gasteiger partial charge on any atom is 0.491 e. The van der Waals surface area contributed by atoms with Gasteiger partial charge in [-0.25, -0.2) is 33.4 Å². The van der Waals surface area contributed by atoms with Gasteiger partial charge in [0.1, 0.15) is 44.3 Å². The number of aliphatic hydroxyl groups excluding tert-OH is 1. The van der Waals surface area contributed by atoms with Gasteiger partial charge in [0.05, 0.1) is 51.7 Å². The van der Waals surface area contributed by atoms with Crippen LogP contribution in [0.4, 0.5) is 20.2 Å². The Morgan fingerprint density at radius 1 is 0.703 bits per heavy atom. The van der Waals surface area contributed by atoms with Crippen molar-refractivity contribution >= 4 is 94.8 Å². The quantitative estimate of drug-likeness (QED) is 0.0399. The number of rotatable bonds is 11. The Bertz CT molecular complexity index is 3120. The number of fused-ring (bicyclic) bond motifs is 2. The van der Waals surface area contributed by atoms with Crippen LogP contribution in [-0.4, -0.2) is 99.1 Å². The summed E-state index contributed by atoms with van der Waals surface area (Å²) < 4.78 is 672. The van der Waals surface area contributed by atoms with Gasteiger partial charge in [0.2, 0.25) is 34.9 Å². The highest BCUT2D eigenvalue weighted by molar-refractivity contribution is 6.62. The lowest BCUT2D eigenvalue weighted by molar-refractivity contribution is 0.0700. The number of carbonyl (C=O) groups excluding carboxylic acids is 2. The van der Waals surface area contributed by atoms with Crippen LogP contribution >= 0.6 is 46.4 Å². The molecule has 0 spiro atoms. The van der Waals surface area contributed by atoms with E-state index in [1.807, 2.05) is 13.8 Å². The molecule has 0 atom stereocenters. The van der Waals surface area contributed by atoms with E-state index in [2.05, 4.69) is 29.6 Å². The molecular weight excluding hydrogens is 1060 g/mol. The predicted molar refractivity (Wildman–Crippen MR) is 406 cm³/mol. The van der Waals surface area contributed by atoms with Crippen molar-refractivity contribution < 1.29 is 252 Å². The molecule has 2 aliphatic heterocycles. The fourth-order valence-corrected chi connectivity index (χ4v) is 6.31. The third kappa shape index (κ3) is 19.7. The smallest absolute Gasteiger partial charge is 0.491 e. The standard InChI is InChI=1S/C15H13BN2O4.C8H9ClN2O2.C8H7ClN2O.C7H7BO3.C6H4Cl2N2O.C2H4F2O.63H2/c1-3-20-15-13(17-2)6-7-14(18-15)22-11-4-5-12-10(8-11)9-21-16(12)19;1-2-13-8-5(7(10)12)3-4-6(9)11-8;1-3-12-8-6(10-2)4-5-7(9)11-8;9-6-1-2-7-5(3-6)4-11-8(7)10;7-4-2-1-3(6(9)11)5(8)10-4;3-2(4)1-5;;;;;;;;;;;;;;;;;;;;;;;;;;;;;;;;;;;;;;;;;;;;;;;;;;;;;;;;;;;;;;;/h4-8,19H,3,9H2,1H3;3-4H,2H2,1H3,(H2,10,12);4-5H,3H2,1H3;1-3,9-10H,4H2;1-2H,(H2,9,11);2,5H,1H2;63*1H/i;;;;;;62*1+1D;1+1. The number of carbonyl (C=O) groups is 2. The number of aromatic hydroxyl groups is 1. The molecule has 28 heteroatoms. The number of nitrogens with two attached hydrogens (primary N) is 2. The van der Waals surface area contributed by atoms with Crippen molar-refractivity contribution in [2.45, 2.75) is 40.4 Å². The number of halogens is 6. The molecule has 0 unspecified atom stereocenters. The van der Waals surface area contributed by atoms with E-state index in [9.17, 15) is 23.4 Å². The van der Waals surface area contributed by atoms with E-state index in [-0.39, 0.29) is 45.5 Å². The van der Waals surface area contributed by atoms with Crippen molar-refractivity contribution in [3.63, 3.8) is 0 Å². The van der Waals surface area contributed by atoms with Gasteiger partial charge in [0, 0.05) is 186 Å². The first kappa shape index (κ1) is 17.0. The third-order valence-electron chi connectivity index (χ3n) is 8.80. The molecule has 6 heterocycles. The highest BCUT2D eigenvalue weighted by Gasteiger charge is 2.28. The maximum atomic E-state index is 10.9. The van der Waals surface area contributed by atoms with E-state index in [1.165, 1.54) is 30.3 Å². The zero-order chi connectivity index (χ0) is 179. The SMILES string of the molecule is CCOc1nc(Cl)ccc1C(N)=O.NC(=O)c1ccc(Cl)nc1Cl.OB1OCc2cc(O)ccc21.OCC(F)F.[2HH].[2H][2H].[2H][2H].[2H][2H].[2H][2H].[2H][2H].[2H][2H].[2H][2H].[2H][2H].[2H][2H].[2H][2H].[2H][2H].[2H][2H].[2H][2H].[2H][2H].[2H][2H].[2H][2H].[2H][2H].[2H][2H].[2H][2H].[2H][2H].[2H][2H].[2H][2H].[2H][2H].[2H][2H].[2H][2H].[2H][2H].[2H][2H].[2H][2H].[2H][2H].[2H][2H].[2H][2H].[2H][2H].[2H][2H].[2H][2H].[2H][2H].[2H][2H].[2H][2H].[2H][2H].[2H][2H].[2H][2H].[2H][2H].[2H][2H].[2H][2H].[2H][2H].[2H][2H].[2H][2H].[2H][2H].[2H][2H].[2H][2H].[2H][2H].[2H][2H].[2H][2H].[2H][2H].[2H][2H].[2H][2H].[2H][2H].[2H][2H].[2H][2H].[2H][2H].[2H][2H].[2H][2H].[2H][2H].[C-]#[N+]c1ccc(Cl)nc1OCC.[C-]#[N+]c1ccc(Oc2ccc3c(c2)COB3O)nc1OCC. The van der Waals surface area contributed by atoms with Crippen molar-refractivity contribution in [2.75, 3.05) is 26.4 Å². The fraction of sp³-hybridized carbons (Fsp3) is 0.217. The van der Waals surface area contributed by atoms with E-state index in [4.69, 9.17) is 299 Å². The summed E-state index contributed by atoms with van der Waals surface area (Å²) in [5.41, 5.74) is 14.4. The van der Waals surface area contributed by atoms with E-state index < -0.39 is 39.1 Å². The number of aromatic nitrogens is 4. The van der Waals surface area contributed by atoms with Gasteiger partial charge in [-0.05, 0) is 116 Å². The van der Waals surface area contributed by atoms with Gasteiger partial charge in [-0.2, -0.15) is 4.98 Å². The molecule has 514 valence electrons. The maximum absolute atomic E-state index is 10.9. The summed E-state index contributed by atoms with van der Waals surface area (Å²) in [4.78, 5) is 43.6. The largest absolute Gasteiger partial charge is 0.508 e. The molecule has 8 N–H and O–H groups in total. The molecule has 2 amide bonds. The van der Waals surface area contributed by atoms with Crippen LogP contribution < -0.4 is 41.3 Å². The lowest BCUT2D eigenvalue weighted by Gasteiger charge is -2.09. The van der Waals surface area contributed by atoms with Crippen molar-refractivity contribution in [3.05, 3.63) is 151 Å². The van der Waals surface area contributed by atoms with Crippen LogP contribution in [0.2, 0.25) is 20.6 Å². The summed E-state index contributed by atoms with van der Waals surface area (Å²) in [6.45, 7) is 20.3. The summed E-state index contributed by atoms with van der Waals surface area (Å²) in [6.07, 6.45) is -2.56. The zero-order valence-electron chi connectivity index (χ0n) is 163. The topological polar surface area (TPSA) is 283 Å². The number of primary amides is 2. The Morgan fingerprint density at radius 2 is 1.15 bits per heavy atom. The summed E-state index contributed by atoms with van der Waals surface area (Å²) >= 11 is 22.2. The third-order valence-corrected chi connectivity index (χ3v) is 9.72. The molecule has 8 rings (SSSR count). The first-order valence-electron chi connectivity index (χ1n) is 83.3. The van der Waals surface area contributed by atoms with Gasteiger partial charge in [0.25, 0.3) is 18.2 Å². The van der Waals surface area contributed by atoms with E-state index in [0.717, 1.165) is 22.1 Å². The Kier molecular flexibility index (Phi) is 7.22. The number of alkyl halides is 2. The number of phenols is 1. The number of nitrogens with zero attached hydrogens (tertiary/aromatic N) is 6. The number of phenolic OH excluding ortho intramolecular Hbond substituents is 1. The molecule has 0 saturated heterocycles. The monoisotopic (exact) mass is 1350 g/mol. The highest BCUT2D eigenvalue weighted by Crippen LogP contribution is 2.31. The average molecular weight is 1360 g/mol. The van der Waals surface area contributed by atoms with Crippen LogP contribution in [0.25, 0.3) is 9.69 Å². The van der Waals surface area contributed by atoms with Crippen molar-refractivity contribution in [3.8, 4) is 35.0 Å². The summed E-state index contributed by atoms with van der Waals surface area (Å²) in [6, 6.07) is 22.4. The van der Waals surface area contributed by atoms with Crippen molar-refractivity contribution in [1.29, 1.82) is 0 Å². The minimum atomic E-state index is -2.56. The second-order valence-corrected chi connectivity index (χ2v) is 15.4. The first-order valence-corrected chi connectivity index (χ1v) is 22.8. The molecule has 20 nitrogen and oxygen atoms in total. The molecule has 0 radical (unpaired) electrons. The van der Waals surface area contributed by atoms with Gasteiger partial charge in [-0.3, -0.25) is 9.59 Å². The first-order chi connectivity index (χ1) is 97.3. The molecule has 74 heavy (non-hydrogen) atoms. The van der Waals surface area contributed by atoms with Gasteiger partial charge in [-0.15, -0.1) is 0 Å². The number of pyridine rings is 4. The minimum Gasteiger partial charge on any atom is -0.508 e. The van der Waals surface area contributed by atoms with E-state index >= 15 is 0 Å². The summed E-state index contributed by atoms with van der Waals surface area (Å²) in [5, 5.41) is 36.1. The summed E-state index contributed by atoms with van der Waals surface area (Å²) in [7, 11) is -1.68. The number of amides is 2. The molecule has 2 aliphatic rings. The Hall–Kier alpha value is -7.09. The lowest BCUT2D eigenvalue weighted by atomic mass is 9.80. The van der Waals surface area contributed by atoms with Crippen LogP contribution in [0.5, 0.6) is 35.0 Å². The van der Waals surface area contributed by atoms with Crippen molar-refractivity contribution in [1.82, 2.24) is 19.9 Å². The molecule has 0 fully saturated rings. The Labute approximate surface area is 636 Å². The van der Waals surface area contributed by atoms with Crippen LogP contribution in [0.3, 0.4) is 0 Å². The normalized spacial score (nSPS) is 18.0. The molecule has 0 saturated carbocycles. The van der Waals surface area contributed by atoms with E-state index in [1.54, 1.807) is 61.5 Å². The number of hydrogen-bond acceptors (Lipinski definition) is 16. The lowest BCUT2D eigenvalue weighted by Crippen LogP contribution is -2.27. The number of hydrogen-bond donors (Lipinski definition) is 6. The van der Waals surface area contributed by atoms with Crippen LogP contribution in [0.15, 0.2) is 84.9 Å². The molecule has 6 aromatic rings. The Balaban J connectivity index is -0.0000000170. The highest BCUT2D eigenvalue weighted by atomic mass is 35.5. The van der Waals surface area contributed by atoms with Crippen LogP contribution in [0.1, 0.15) is 238 Å². The number of benzene rings is 2. The number of ether oxygens (including phenoxy) is 4. The molecule has 0 aliphatic carbocycles. The van der Waals surface area contributed by atoms with Gasteiger partial charge in [-0.1, -0.05) is 58.5 Å². The molecule has 0 bridgehead atoms. The number of aliphatic hydroxyl groups is 1. The second-order valence-electron chi connectivity index (χ2n) is 13.9. The predicted octanol–water partition coefficient (Wildman–Crippen LogP) is 22.8. The zero-order valence-corrected chi connectivity index (χ0v) is 42.2. The van der Waals surface area contributed by atoms with Gasteiger partial charge in [0.15, 0.2) is 0 Å². The Morgan fingerprint density at radius 3 is 1.65 bits per heavy atom. The fourth-order valence-electron chi connectivity index (χ4n) is 5.59. The molecular formula is C46H170B2Cl4F2N8O12. The molecule has 2 aromatic carbocycles. The van der Waals surface area contributed by atoms with Crippen LogP contribution in [-0.2, 0) is 22.5 Å². The summed E-state index contributed by atoms with van der Waals surface area (Å²) in [5.74, 6) is 0.697.